The lowest BCUT2D eigenvalue weighted by Gasteiger charge is -2.35. The van der Waals surface area contributed by atoms with E-state index in [0.717, 1.165) is 36.9 Å². The van der Waals surface area contributed by atoms with E-state index in [1.807, 2.05) is 43.3 Å². The number of para-hydroxylation sites is 1. The molecule has 0 aliphatic heterocycles. The summed E-state index contributed by atoms with van der Waals surface area (Å²) >= 11 is 0. The number of amides is 2. The molecule has 4 N–H and O–H groups in total. The Bertz CT molecular complexity index is 833. The predicted molar refractivity (Wildman–Crippen MR) is 121 cm³/mol. The molecule has 2 amide bonds. The van der Waals surface area contributed by atoms with Crippen LogP contribution in [0.1, 0.15) is 54.4 Å². The van der Waals surface area contributed by atoms with Crippen molar-refractivity contribution in [2.24, 2.45) is 11.1 Å². The van der Waals surface area contributed by atoms with E-state index in [1.165, 1.54) is 6.42 Å². The van der Waals surface area contributed by atoms with Crippen LogP contribution in [0.2, 0.25) is 0 Å². The molecular formula is C23H30ClN3O2. The second-order valence-corrected chi connectivity index (χ2v) is 7.79. The topological polar surface area (TPSA) is 84.2 Å². The Morgan fingerprint density at radius 1 is 0.966 bits per heavy atom. The van der Waals surface area contributed by atoms with Crippen LogP contribution in [-0.4, -0.2) is 18.4 Å². The second-order valence-electron chi connectivity index (χ2n) is 7.79. The van der Waals surface area contributed by atoms with E-state index in [9.17, 15) is 9.59 Å². The van der Waals surface area contributed by atoms with Gasteiger partial charge in [-0.15, -0.1) is 12.4 Å². The highest BCUT2D eigenvalue weighted by molar-refractivity contribution is 6.06. The van der Waals surface area contributed by atoms with Crippen LogP contribution in [0.15, 0.2) is 48.5 Å². The maximum absolute atomic E-state index is 12.7. The van der Waals surface area contributed by atoms with Gasteiger partial charge >= 0.3 is 0 Å². The van der Waals surface area contributed by atoms with Gasteiger partial charge in [-0.25, -0.2) is 0 Å². The molecule has 1 aliphatic carbocycles. The largest absolute Gasteiger partial charge is 0.330 e. The number of hydrogen-bond acceptors (Lipinski definition) is 3. The van der Waals surface area contributed by atoms with Gasteiger partial charge in [0.2, 0.25) is 5.91 Å². The normalized spacial score (nSPS) is 15.1. The zero-order valence-corrected chi connectivity index (χ0v) is 17.7. The van der Waals surface area contributed by atoms with Gasteiger partial charge in [0.1, 0.15) is 0 Å². The molecule has 156 valence electrons. The summed E-state index contributed by atoms with van der Waals surface area (Å²) in [7, 11) is 0. The number of anilines is 2. The molecule has 1 saturated carbocycles. The Labute approximate surface area is 178 Å². The third kappa shape index (κ3) is 5.81. The molecule has 6 heteroatoms. The molecule has 3 rings (SSSR count). The molecule has 0 spiro atoms. The van der Waals surface area contributed by atoms with Crippen LogP contribution in [-0.2, 0) is 4.79 Å². The van der Waals surface area contributed by atoms with Gasteiger partial charge in [-0.05, 0) is 61.6 Å². The highest BCUT2D eigenvalue weighted by Gasteiger charge is 2.33. The average molecular weight is 416 g/mol. The third-order valence-corrected chi connectivity index (χ3v) is 5.77. The lowest BCUT2D eigenvalue weighted by Crippen LogP contribution is -2.36. The Hall–Kier alpha value is -2.37. The monoisotopic (exact) mass is 415 g/mol. The lowest BCUT2D eigenvalue weighted by atomic mass is 9.71. The highest BCUT2D eigenvalue weighted by atomic mass is 35.5. The van der Waals surface area contributed by atoms with E-state index >= 15 is 0 Å². The first-order chi connectivity index (χ1) is 13.5. The summed E-state index contributed by atoms with van der Waals surface area (Å²) in [6.07, 6.45) is 5.95. The molecule has 5 nitrogen and oxygen atoms in total. The first kappa shape index (κ1) is 22.9. The molecular weight excluding hydrogens is 386 g/mol. The number of benzene rings is 2. The standard InChI is InChI=1S/C23H29N3O2.ClH/c1-17-19(22(28)25-18-9-4-2-5-10-18)11-8-12-20(17)26-21(27)15-23(16-24)13-6-3-7-14-23;/h2,4-5,8-12H,3,6-7,13-16,24H2,1H3,(H,25,28)(H,26,27);1H. The molecule has 1 aliphatic rings. The van der Waals surface area contributed by atoms with Crippen LogP contribution in [0.4, 0.5) is 11.4 Å². The van der Waals surface area contributed by atoms with Gasteiger partial charge in [0.25, 0.3) is 5.91 Å². The Morgan fingerprint density at radius 2 is 1.66 bits per heavy atom. The molecule has 0 heterocycles. The zero-order chi connectivity index (χ0) is 20.0. The zero-order valence-electron chi connectivity index (χ0n) is 16.9. The van der Waals surface area contributed by atoms with Crippen molar-refractivity contribution in [3.8, 4) is 0 Å². The SMILES string of the molecule is Cc1c(NC(=O)CC2(CN)CCCCC2)cccc1C(=O)Nc1ccccc1.Cl. The van der Waals surface area contributed by atoms with Gasteiger partial charge in [-0.3, -0.25) is 9.59 Å². The van der Waals surface area contributed by atoms with Crippen LogP contribution >= 0.6 is 12.4 Å². The molecule has 0 unspecified atom stereocenters. The van der Waals surface area contributed by atoms with Crippen LogP contribution in [0, 0.1) is 12.3 Å². The molecule has 0 bridgehead atoms. The number of carbonyl (C=O) groups is 2. The minimum atomic E-state index is -0.189. The Kier molecular flexibility index (Phi) is 8.23. The van der Waals surface area contributed by atoms with Crippen LogP contribution in [0.3, 0.4) is 0 Å². The van der Waals surface area contributed by atoms with E-state index in [-0.39, 0.29) is 29.6 Å². The summed E-state index contributed by atoms with van der Waals surface area (Å²) in [6, 6.07) is 14.7. The molecule has 0 aromatic heterocycles. The Morgan fingerprint density at radius 3 is 2.31 bits per heavy atom. The van der Waals surface area contributed by atoms with Gasteiger partial charge in [0.15, 0.2) is 0 Å². The summed E-state index contributed by atoms with van der Waals surface area (Å²) in [4.78, 5) is 25.3. The van der Waals surface area contributed by atoms with E-state index in [0.29, 0.717) is 24.2 Å². The van der Waals surface area contributed by atoms with E-state index in [1.54, 1.807) is 12.1 Å². The van der Waals surface area contributed by atoms with Gasteiger partial charge in [-0.1, -0.05) is 43.5 Å². The average Bonchev–Trinajstić information content (AvgIpc) is 2.71. The van der Waals surface area contributed by atoms with Crippen molar-refractivity contribution in [3.63, 3.8) is 0 Å². The van der Waals surface area contributed by atoms with Gasteiger partial charge in [0, 0.05) is 23.4 Å². The third-order valence-electron chi connectivity index (χ3n) is 5.77. The highest BCUT2D eigenvalue weighted by Crippen LogP contribution is 2.38. The van der Waals surface area contributed by atoms with Crippen molar-refractivity contribution in [3.05, 3.63) is 59.7 Å². The van der Waals surface area contributed by atoms with Crippen molar-refractivity contribution >= 4 is 35.6 Å². The van der Waals surface area contributed by atoms with Crippen molar-refractivity contribution in [2.75, 3.05) is 17.2 Å². The fraction of sp³-hybridized carbons (Fsp3) is 0.391. The van der Waals surface area contributed by atoms with Gasteiger partial charge < -0.3 is 16.4 Å². The summed E-state index contributed by atoms with van der Waals surface area (Å²) < 4.78 is 0. The minimum absolute atomic E-state index is 0. The van der Waals surface area contributed by atoms with Crippen LogP contribution in [0.5, 0.6) is 0 Å². The number of nitrogens with two attached hydrogens (primary N) is 1. The van der Waals surface area contributed by atoms with Gasteiger partial charge in [-0.2, -0.15) is 0 Å². The molecule has 0 atom stereocenters. The van der Waals surface area contributed by atoms with Crippen molar-refractivity contribution in [2.45, 2.75) is 45.4 Å². The quantitative estimate of drug-likeness (QED) is 0.626. The molecule has 0 radical (unpaired) electrons. The first-order valence-electron chi connectivity index (χ1n) is 9.99. The van der Waals surface area contributed by atoms with E-state index in [2.05, 4.69) is 10.6 Å². The summed E-state index contributed by atoms with van der Waals surface area (Å²) in [6.45, 7) is 2.40. The lowest BCUT2D eigenvalue weighted by molar-refractivity contribution is -0.118. The smallest absolute Gasteiger partial charge is 0.256 e. The summed E-state index contributed by atoms with van der Waals surface area (Å²) in [5, 5.41) is 5.89. The maximum atomic E-state index is 12.7. The summed E-state index contributed by atoms with van der Waals surface area (Å²) in [5.74, 6) is -0.221. The first-order valence-corrected chi connectivity index (χ1v) is 9.99. The molecule has 2 aromatic carbocycles. The fourth-order valence-electron chi connectivity index (χ4n) is 4.03. The van der Waals surface area contributed by atoms with Gasteiger partial charge in [0.05, 0.1) is 0 Å². The minimum Gasteiger partial charge on any atom is -0.330 e. The molecule has 2 aromatic rings. The van der Waals surface area contributed by atoms with E-state index in [4.69, 9.17) is 5.73 Å². The predicted octanol–water partition coefficient (Wildman–Crippen LogP) is 4.91. The Balaban J connectivity index is 0.00000300. The van der Waals surface area contributed by atoms with Crippen molar-refractivity contribution in [1.82, 2.24) is 0 Å². The van der Waals surface area contributed by atoms with E-state index < -0.39 is 0 Å². The summed E-state index contributed by atoms with van der Waals surface area (Å²) in [5.41, 5.74) is 8.65. The number of nitrogens with one attached hydrogen (secondary N) is 2. The number of rotatable bonds is 6. The number of hydrogen-bond donors (Lipinski definition) is 3. The maximum Gasteiger partial charge on any atom is 0.256 e. The second kappa shape index (κ2) is 10.4. The van der Waals surface area contributed by atoms with Crippen LogP contribution in [0.25, 0.3) is 0 Å². The van der Waals surface area contributed by atoms with Crippen molar-refractivity contribution in [1.29, 1.82) is 0 Å². The number of carbonyl (C=O) groups excluding carboxylic acids is 2. The van der Waals surface area contributed by atoms with Crippen molar-refractivity contribution < 1.29 is 9.59 Å². The molecule has 1 fully saturated rings. The van der Waals surface area contributed by atoms with Crippen LogP contribution < -0.4 is 16.4 Å². The molecule has 29 heavy (non-hydrogen) atoms. The fourth-order valence-corrected chi connectivity index (χ4v) is 4.03. The molecule has 0 saturated heterocycles. The number of halogens is 1.